The molecule has 4 heteroatoms. The highest BCUT2D eigenvalue weighted by Crippen LogP contribution is 2.41. The van der Waals surface area contributed by atoms with Crippen LogP contribution in [0.2, 0.25) is 0 Å². The van der Waals surface area contributed by atoms with Crippen LogP contribution < -0.4 is 4.90 Å². The summed E-state index contributed by atoms with van der Waals surface area (Å²) in [4.78, 5) is 6.99. The Morgan fingerprint density at radius 2 is 2.00 bits per heavy atom. The zero-order chi connectivity index (χ0) is 10.4. The largest absolute Gasteiger partial charge is 0.340 e. The number of hydrogen-bond acceptors (Lipinski definition) is 4. The van der Waals surface area contributed by atoms with Crippen molar-refractivity contribution in [2.45, 2.75) is 44.7 Å². The third-order valence-corrected chi connectivity index (χ3v) is 4.23. The molecule has 1 aromatic rings. The zero-order valence-corrected chi connectivity index (χ0v) is 9.76. The summed E-state index contributed by atoms with van der Waals surface area (Å²) in [5.41, 5.74) is 1.42. The average molecular weight is 221 g/mol. The third kappa shape index (κ3) is 1.47. The molecule has 0 radical (unpaired) electrons. The van der Waals surface area contributed by atoms with Crippen molar-refractivity contribution in [3.05, 3.63) is 18.0 Å². The molecule has 0 aliphatic carbocycles. The van der Waals surface area contributed by atoms with Gasteiger partial charge in [-0.25, -0.2) is 4.98 Å². The van der Waals surface area contributed by atoms with E-state index in [0.29, 0.717) is 12.1 Å². The molecular formula is C11H15N3S. The number of anilines is 1. The second-order valence-corrected chi connectivity index (χ2v) is 5.30. The number of aromatic nitrogens is 2. The minimum Gasteiger partial charge on any atom is -0.340 e. The van der Waals surface area contributed by atoms with Gasteiger partial charge < -0.3 is 4.90 Å². The highest BCUT2D eigenvalue weighted by atomic mass is 32.1. The van der Waals surface area contributed by atoms with E-state index in [-0.39, 0.29) is 0 Å². The Kier molecular flexibility index (Phi) is 2.06. The van der Waals surface area contributed by atoms with Crippen molar-refractivity contribution in [1.82, 2.24) is 9.36 Å². The molecule has 2 saturated heterocycles. The van der Waals surface area contributed by atoms with Gasteiger partial charge in [-0.3, -0.25) is 0 Å². The fraction of sp³-hybridized carbons (Fsp3) is 0.636. The number of piperidine rings is 1. The predicted molar refractivity (Wildman–Crippen MR) is 62.3 cm³/mol. The van der Waals surface area contributed by atoms with Crippen molar-refractivity contribution in [2.75, 3.05) is 4.90 Å². The average Bonchev–Trinajstić information content (AvgIpc) is 2.69. The van der Waals surface area contributed by atoms with Gasteiger partial charge in [-0.2, -0.15) is 4.37 Å². The van der Waals surface area contributed by atoms with E-state index in [4.69, 9.17) is 0 Å². The zero-order valence-electron chi connectivity index (χ0n) is 8.94. The van der Waals surface area contributed by atoms with Gasteiger partial charge in [0.05, 0.1) is 0 Å². The Morgan fingerprint density at radius 1 is 1.33 bits per heavy atom. The maximum Gasteiger partial charge on any atom is 0.205 e. The molecule has 0 saturated carbocycles. The van der Waals surface area contributed by atoms with Crippen molar-refractivity contribution in [2.24, 2.45) is 0 Å². The van der Waals surface area contributed by atoms with Crippen LogP contribution in [0.25, 0.3) is 0 Å². The van der Waals surface area contributed by atoms with Gasteiger partial charge in [0, 0.05) is 23.6 Å². The Balaban J connectivity index is 1.91. The molecule has 2 aliphatic heterocycles. The van der Waals surface area contributed by atoms with Gasteiger partial charge in [-0.15, -0.1) is 0 Å². The van der Waals surface area contributed by atoms with Crippen molar-refractivity contribution >= 4 is 16.7 Å². The molecule has 80 valence electrons. The van der Waals surface area contributed by atoms with Crippen LogP contribution in [0.3, 0.4) is 0 Å². The third-order valence-electron chi connectivity index (χ3n) is 3.41. The van der Waals surface area contributed by atoms with Gasteiger partial charge >= 0.3 is 0 Å². The lowest BCUT2D eigenvalue weighted by Gasteiger charge is -2.35. The second kappa shape index (κ2) is 3.30. The van der Waals surface area contributed by atoms with Crippen LogP contribution in [0.4, 0.5) is 5.13 Å². The SMILES string of the molecule is C=C1CC2CCC(C1)N2c1nc(C)ns1. The predicted octanol–water partition coefficient (Wildman–Crippen LogP) is 2.53. The second-order valence-electron chi connectivity index (χ2n) is 4.57. The Labute approximate surface area is 94.0 Å². The molecule has 3 nitrogen and oxygen atoms in total. The van der Waals surface area contributed by atoms with E-state index in [2.05, 4.69) is 20.8 Å². The lowest BCUT2D eigenvalue weighted by molar-refractivity contribution is 0.550. The van der Waals surface area contributed by atoms with Crippen LogP contribution in [0.5, 0.6) is 0 Å². The molecule has 2 aliphatic rings. The molecule has 15 heavy (non-hydrogen) atoms. The van der Waals surface area contributed by atoms with E-state index in [0.717, 1.165) is 23.8 Å². The van der Waals surface area contributed by atoms with Crippen molar-refractivity contribution in [3.8, 4) is 0 Å². The van der Waals surface area contributed by atoms with Gasteiger partial charge in [0.2, 0.25) is 5.13 Å². The summed E-state index contributed by atoms with van der Waals surface area (Å²) in [5.74, 6) is 0.902. The minimum atomic E-state index is 0.642. The summed E-state index contributed by atoms with van der Waals surface area (Å²) in [5, 5.41) is 1.12. The molecule has 2 unspecified atom stereocenters. The lowest BCUT2D eigenvalue weighted by Crippen LogP contribution is -2.40. The van der Waals surface area contributed by atoms with E-state index < -0.39 is 0 Å². The van der Waals surface area contributed by atoms with Crippen molar-refractivity contribution in [1.29, 1.82) is 0 Å². The lowest BCUT2D eigenvalue weighted by atomic mass is 9.99. The Morgan fingerprint density at radius 3 is 2.53 bits per heavy atom. The summed E-state index contributed by atoms with van der Waals surface area (Å²) in [6.45, 7) is 6.09. The van der Waals surface area contributed by atoms with E-state index in [1.807, 2.05) is 6.92 Å². The van der Waals surface area contributed by atoms with Gasteiger partial charge in [0.1, 0.15) is 5.82 Å². The van der Waals surface area contributed by atoms with Crippen LogP contribution in [0, 0.1) is 6.92 Å². The normalized spacial score (nSPS) is 29.9. The first kappa shape index (κ1) is 9.33. The fourth-order valence-corrected chi connectivity index (χ4v) is 3.64. The number of aryl methyl sites for hydroxylation is 1. The van der Waals surface area contributed by atoms with Crippen LogP contribution >= 0.6 is 11.5 Å². The van der Waals surface area contributed by atoms with E-state index in [1.165, 1.54) is 29.9 Å². The monoisotopic (exact) mass is 221 g/mol. The Bertz CT molecular complexity index is 382. The maximum absolute atomic E-state index is 4.50. The van der Waals surface area contributed by atoms with Crippen LogP contribution in [0.1, 0.15) is 31.5 Å². The molecule has 3 heterocycles. The molecule has 0 spiro atoms. The van der Waals surface area contributed by atoms with Gasteiger partial charge in [-0.05, 0) is 32.6 Å². The summed E-state index contributed by atoms with van der Waals surface area (Å²) < 4.78 is 4.27. The van der Waals surface area contributed by atoms with Crippen LogP contribution in [-0.4, -0.2) is 21.4 Å². The molecule has 1 aromatic heterocycles. The first-order valence-electron chi connectivity index (χ1n) is 5.49. The maximum atomic E-state index is 4.50. The molecular weight excluding hydrogens is 206 g/mol. The standard InChI is InChI=1S/C11H15N3S/c1-7-5-9-3-4-10(6-7)14(9)11-12-8(2)13-15-11/h9-10H,1,3-6H2,2H3. The van der Waals surface area contributed by atoms with Gasteiger partial charge in [0.25, 0.3) is 0 Å². The van der Waals surface area contributed by atoms with E-state index >= 15 is 0 Å². The summed E-state index contributed by atoms with van der Waals surface area (Å²) in [6.07, 6.45) is 4.88. The van der Waals surface area contributed by atoms with Crippen LogP contribution in [-0.2, 0) is 0 Å². The molecule has 2 atom stereocenters. The van der Waals surface area contributed by atoms with E-state index in [1.54, 1.807) is 0 Å². The number of nitrogens with zero attached hydrogens (tertiary/aromatic N) is 3. The first-order valence-corrected chi connectivity index (χ1v) is 6.26. The van der Waals surface area contributed by atoms with Crippen LogP contribution in [0.15, 0.2) is 12.2 Å². The Hall–Kier alpha value is -0.900. The first-order chi connectivity index (χ1) is 7.24. The highest BCUT2D eigenvalue weighted by molar-refractivity contribution is 7.09. The quantitative estimate of drug-likeness (QED) is 0.682. The minimum absolute atomic E-state index is 0.642. The molecule has 2 fully saturated rings. The smallest absolute Gasteiger partial charge is 0.205 e. The summed E-state index contributed by atoms with van der Waals surface area (Å²) in [7, 11) is 0. The molecule has 0 amide bonds. The van der Waals surface area contributed by atoms with E-state index in [9.17, 15) is 0 Å². The summed E-state index contributed by atoms with van der Waals surface area (Å²) >= 11 is 1.54. The number of rotatable bonds is 1. The number of fused-ring (bicyclic) bond motifs is 2. The van der Waals surface area contributed by atoms with Gasteiger partial charge in [0.15, 0.2) is 0 Å². The summed E-state index contributed by atoms with van der Waals surface area (Å²) in [6, 6.07) is 1.28. The number of hydrogen-bond donors (Lipinski definition) is 0. The van der Waals surface area contributed by atoms with Crippen molar-refractivity contribution < 1.29 is 0 Å². The van der Waals surface area contributed by atoms with Gasteiger partial charge in [-0.1, -0.05) is 12.2 Å². The topological polar surface area (TPSA) is 29.0 Å². The van der Waals surface area contributed by atoms with Crippen molar-refractivity contribution in [3.63, 3.8) is 0 Å². The molecule has 0 N–H and O–H groups in total. The molecule has 0 aromatic carbocycles. The highest BCUT2D eigenvalue weighted by Gasteiger charge is 2.39. The fourth-order valence-electron chi connectivity index (χ4n) is 2.82. The molecule has 2 bridgehead atoms. The molecule has 3 rings (SSSR count).